The van der Waals surface area contributed by atoms with Gasteiger partial charge in [0.05, 0.1) is 0 Å². The molecule has 3 N–H and O–H groups in total. The van der Waals surface area contributed by atoms with Gasteiger partial charge in [-0.2, -0.15) is 0 Å². The van der Waals surface area contributed by atoms with Gasteiger partial charge in [0.2, 0.25) is 0 Å². The molecule has 5 heteroatoms. The lowest BCUT2D eigenvalue weighted by Gasteiger charge is -2.26. The number of nitrogens with two attached hydrogens (primary N) is 1. The molecule has 0 bridgehead atoms. The van der Waals surface area contributed by atoms with Gasteiger partial charge in [0.1, 0.15) is 0 Å². The summed E-state index contributed by atoms with van der Waals surface area (Å²) in [6, 6.07) is 10.0. The van der Waals surface area contributed by atoms with Crippen LogP contribution in [0.25, 0.3) is 0 Å². The Morgan fingerprint density at radius 1 is 1.43 bits per heavy atom. The van der Waals surface area contributed by atoms with E-state index in [1.54, 1.807) is 13.1 Å². The average molecular weight is 310 g/mol. The van der Waals surface area contributed by atoms with Crippen molar-refractivity contribution in [2.75, 3.05) is 7.05 Å². The molecule has 1 aliphatic rings. The lowest BCUT2D eigenvalue weighted by atomic mass is 9.89. The van der Waals surface area contributed by atoms with Crippen molar-refractivity contribution < 1.29 is 4.79 Å². The molecule has 5 nitrogen and oxygen atoms in total. The number of hydrogen-bond donors (Lipinski definition) is 2. The fraction of sp³-hybridized carbons (Fsp3) is 0.333. The molecule has 0 saturated heterocycles. The predicted octanol–water partition coefficient (Wildman–Crippen LogP) is 2.19. The molecule has 3 rings (SSSR count). The first kappa shape index (κ1) is 15.6. The van der Waals surface area contributed by atoms with E-state index in [2.05, 4.69) is 16.4 Å². The maximum absolute atomic E-state index is 11.9. The summed E-state index contributed by atoms with van der Waals surface area (Å²) >= 11 is 0. The third kappa shape index (κ3) is 3.57. The van der Waals surface area contributed by atoms with Crippen LogP contribution >= 0.6 is 0 Å². The number of carbonyl (C=O) groups is 1. The molecule has 1 heterocycles. The number of benzene rings is 1. The second-order valence-corrected chi connectivity index (χ2v) is 6.02. The van der Waals surface area contributed by atoms with Gasteiger partial charge in [-0.25, -0.2) is 5.84 Å². The van der Waals surface area contributed by atoms with E-state index < -0.39 is 0 Å². The van der Waals surface area contributed by atoms with Crippen molar-refractivity contribution in [3.05, 3.63) is 65.0 Å². The molecule has 1 atom stereocenters. The minimum atomic E-state index is -0.181. The molecule has 1 aromatic heterocycles. The number of hydrazine groups is 1. The van der Waals surface area contributed by atoms with Gasteiger partial charge in [-0.15, -0.1) is 0 Å². The van der Waals surface area contributed by atoms with Crippen molar-refractivity contribution >= 4 is 5.91 Å². The van der Waals surface area contributed by atoms with Gasteiger partial charge >= 0.3 is 0 Å². The zero-order chi connectivity index (χ0) is 16.2. The van der Waals surface area contributed by atoms with Crippen molar-refractivity contribution in [3.63, 3.8) is 0 Å². The molecular formula is C18H22N4O. The minimum Gasteiger partial charge on any atom is -0.306 e. The molecule has 2 aromatic rings. The molecule has 1 unspecified atom stereocenters. The molecule has 1 aromatic carbocycles. The highest BCUT2D eigenvalue weighted by molar-refractivity contribution is 5.93. The Balaban J connectivity index is 1.70. The summed E-state index contributed by atoms with van der Waals surface area (Å²) in [5.74, 6) is 5.34. The summed E-state index contributed by atoms with van der Waals surface area (Å²) in [5.41, 5.74) is 4.37. The third-order valence-corrected chi connectivity index (χ3v) is 4.31. The Morgan fingerprint density at radius 3 is 3.13 bits per heavy atom. The van der Waals surface area contributed by atoms with Crippen LogP contribution in [-0.4, -0.2) is 22.9 Å². The zero-order valence-electron chi connectivity index (χ0n) is 13.3. The minimum absolute atomic E-state index is 0.181. The Bertz CT molecular complexity index is 699. The van der Waals surface area contributed by atoms with Crippen LogP contribution in [0.5, 0.6) is 0 Å². The number of carbonyl (C=O) groups excluding carboxylic acids is 1. The Hall–Kier alpha value is -2.24. The number of hydrogen-bond acceptors (Lipinski definition) is 4. The van der Waals surface area contributed by atoms with Crippen LogP contribution in [0.15, 0.2) is 42.7 Å². The topological polar surface area (TPSA) is 71.2 Å². The van der Waals surface area contributed by atoms with Crippen molar-refractivity contribution in [1.82, 2.24) is 15.3 Å². The number of aromatic nitrogens is 1. The van der Waals surface area contributed by atoms with Crippen LogP contribution in [0.4, 0.5) is 0 Å². The van der Waals surface area contributed by atoms with E-state index in [-0.39, 0.29) is 5.91 Å². The van der Waals surface area contributed by atoms with Gasteiger partial charge in [-0.05, 0) is 54.2 Å². The zero-order valence-corrected chi connectivity index (χ0v) is 13.3. The van der Waals surface area contributed by atoms with Crippen LogP contribution in [0, 0.1) is 0 Å². The smallest absolute Gasteiger partial charge is 0.267 e. The first-order valence-electron chi connectivity index (χ1n) is 7.93. The van der Waals surface area contributed by atoms with Crippen molar-refractivity contribution in [2.45, 2.75) is 31.8 Å². The van der Waals surface area contributed by atoms with Gasteiger partial charge in [-0.1, -0.05) is 12.1 Å². The second-order valence-electron chi connectivity index (χ2n) is 6.02. The standard InChI is InChI=1S/C18H22N4O/c1-22(19)18(23)15-6-2-4-13(10-15)11-21-17-7-3-5-14-8-9-20-12-16(14)17/h2,4,6,8-10,12,17,21H,3,5,7,11,19H2,1H3. The van der Waals surface area contributed by atoms with Crippen LogP contribution in [0.2, 0.25) is 0 Å². The SMILES string of the molecule is CN(N)C(=O)c1cccc(CNC2CCCc3ccncc32)c1. The van der Waals surface area contributed by atoms with E-state index in [1.165, 1.54) is 17.5 Å². The second kappa shape index (κ2) is 6.89. The number of pyridine rings is 1. The van der Waals surface area contributed by atoms with Gasteiger partial charge in [0.25, 0.3) is 5.91 Å². The summed E-state index contributed by atoms with van der Waals surface area (Å²) in [7, 11) is 1.55. The van der Waals surface area contributed by atoms with Gasteiger partial charge in [0.15, 0.2) is 0 Å². The van der Waals surface area contributed by atoms with E-state index in [9.17, 15) is 4.79 Å². The third-order valence-electron chi connectivity index (χ3n) is 4.31. The monoisotopic (exact) mass is 310 g/mol. The number of rotatable bonds is 4. The number of aryl methyl sites for hydroxylation is 1. The normalized spacial score (nSPS) is 16.7. The molecule has 0 saturated carbocycles. The number of amides is 1. The maximum Gasteiger partial charge on any atom is 0.267 e. The molecule has 0 fully saturated rings. The quantitative estimate of drug-likeness (QED) is 0.516. The highest BCUT2D eigenvalue weighted by Crippen LogP contribution is 2.29. The first-order valence-corrected chi connectivity index (χ1v) is 7.93. The first-order chi connectivity index (χ1) is 11.1. The fourth-order valence-corrected chi connectivity index (χ4v) is 3.10. The molecule has 0 spiro atoms. The maximum atomic E-state index is 11.9. The number of nitrogens with one attached hydrogen (secondary N) is 1. The largest absolute Gasteiger partial charge is 0.306 e. The number of fused-ring (bicyclic) bond motifs is 1. The van der Waals surface area contributed by atoms with Gasteiger partial charge in [0, 0.05) is 37.6 Å². The van der Waals surface area contributed by atoms with Crippen LogP contribution in [0.1, 0.15) is 45.9 Å². The van der Waals surface area contributed by atoms with E-state index in [0.717, 1.165) is 23.4 Å². The Labute approximate surface area is 136 Å². The average Bonchev–Trinajstić information content (AvgIpc) is 2.59. The predicted molar refractivity (Wildman–Crippen MR) is 89.5 cm³/mol. The Morgan fingerprint density at radius 2 is 2.30 bits per heavy atom. The fourth-order valence-electron chi connectivity index (χ4n) is 3.10. The van der Waals surface area contributed by atoms with Crippen molar-refractivity contribution in [1.29, 1.82) is 0 Å². The highest BCUT2D eigenvalue weighted by Gasteiger charge is 2.19. The van der Waals surface area contributed by atoms with E-state index in [4.69, 9.17) is 5.84 Å². The summed E-state index contributed by atoms with van der Waals surface area (Å²) in [4.78, 5) is 16.2. The van der Waals surface area contributed by atoms with E-state index in [1.807, 2.05) is 30.6 Å². The summed E-state index contributed by atoms with van der Waals surface area (Å²) < 4.78 is 0. The van der Waals surface area contributed by atoms with E-state index in [0.29, 0.717) is 18.2 Å². The summed E-state index contributed by atoms with van der Waals surface area (Å²) in [6.07, 6.45) is 7.26. The molecule has 120 valence electrons. The summed E-state index contributed by atoms with van der Waals surface area (Å²) in [5, 5.41) is 4.70. The molecule has 1 aliphatic carbocycles. The number of nitrogens with zero attached hydrogens (tertiary/aromatic N) is 2. The highest BCUT2D eigenvalue weighted by atomic mass is 16.2. The Kier molecular flexibility index (Phi) is 4.69. The molecule has 23 heavy (non-hydrogen) atoms. The van der Waals surface area contributed by atoms with Crippen molar-refractivity contribution in [3.8, 4) is 0 Å². The molecule has 1 amide bonds. The van der Waals surface area contributed by atoms with Gasteiger partial charge in [-0.3, -0.25) is 14.8 Å². The molecule has 0 aliphatic heterocycles. The van der Waals surface area contributed by atoms with Crippen LogP contribution in [0.3, 0.4) is 0 Å². The van der Waals surface area contributed by atoms with E-state index >= 15 is 0 Å². The molecule has 0 radical (unpaired) electrons. The summed E-state index contributed by atoms with van der Waals surface area (Å²) in [6.45, 7) is 0.717. The lowest BCUT2D eigenvalue weighted by Crippen LogP contribution is -2.33. The van der Waals surface area contributed by atoms with Crippen LogP contribution < -0.4 is 11.2 Å². The van der Waals surface area contributed by atoms with Crippen molar-refractivity contribution in [2.24, 2.45) is 5.84 Å². The van der Waals surface area contributed by atoms with Crippen LogP contribution in [-0.2, 0) is 13.0 Å². The van der Waals surface area contributed by atoms with Gasteiger partial charge < -0.3 is 5.32 Å². The lowest BCUT2D eigenvalue weighted by molar-refractivity contribution is 0.0795. The molecular weight excluding hydrogens is 288 g/mol.